The van der Waals surface area contributed by atoms with Crippen LogP contribution in [-0.4, -0.2) is 19.2 Å². The van der Waals surface area contributed by atoms with Crippen molar-refractivity contribution in [2.45, 2.75) is 11.5 Å². The predicted molar refractivity (Wildman–Crippen MR) is 49.5 cm³/mol. The molecule has 2 radical (unpaired) electrons. The maximum Gasteiger partial charge on any atom is 0.129 e. The third-order valence-electron chi connectivity index (χ3n) is 1.55. The highest BCUT2D eigenvalue weighted by Crippen LogP contribution is 2.21. The van der Waals surface area contributed by atoms with Crippen molar-refractivity contribution in [3.63, 3.8) is 0 Å². The molecule has 0 saturated carbocycles. The molecule has 0 aliphatic heterocycles. The third kappa shape index (κ3) is 1.82. The van der Waals surface area contributed by atoms with E-state index in [9.17, 15) is 4.39 Å². The Labute approximate surface area is 76.4 Å². The lowest BCUT2D eigenvalue weighted by atomic mass is 9.95. The summed E-state index contributed by atoms with van der Waals surface area (Å²) < 4.78 is 13.0. The van der Waals surface area contributed by atoms with Gasteiger partial charge < -0.3 is 5.11 Å². The fourth-order valence-electron chi connectivity index (χ4n) is 0.967. The van der Waals surface area contributed by atoms with Crippen LogP contribution in [0.5, 0.6) is 0 Å². The van der Waals surface area contributed by atoms with Gasteiger partial charge in [-0.1, -0.05) is 11.5 Å². The Kier molecular flexibility index (Phi) is 3.17. The standard InChI is InChI=1S/C8H8BFOS/c1-12-8-3-5(9)2-7(10)6(8)4-11/h2-3,11H,4H2,1H3. The molecular weight excluding hydrogens is 174 g/mol. The summed E-state index contributed by atoms with van der Waals surface area (Å²) in [6, 6.07) is 2.87. The molecule has 0 aromatic heterocycles. The Morgan fingerprint density at radius 3 is 2.75 bits per heavy atom. The van der Waals surface area contributed by atoms with E-state index < -0.39 is 5.82 Å². The molecule has 1 N–H and O–H groups in total. The van der Waals surface area contributed by atoms with Crippen molar-refractivity contribution in [1.29, 1.82) is 0 Å². The zero-order valence-electron chi connectivity index (χ0n) is 6.67. The van der Waals surface area contributed by atoms with Gasteiger partial charge in [-0.25, -0.2) is 4.39 Å². The quantitative estimate of drug-likeness (QED) is 0.540. The van der Waals surface area contributed by atoms with Crippen LogP contribution in [0.4, 0.5) is 4.39 Å². The molecule has 1 rings (SSSR count). The van der Waals surface area contributed by atoms with Gasteiger partial charge >= 0.3 is 0 Å². The molecule has 0 spiro atoms. The van der Waals surface area contributed by atoms with Crippen LogP contribution in [0.2, 0.25) is 0 Å². The zero-order chi connectivity index (χ0) is 9.14. The molecule has 0 amide bonds. The van der Waals surface area contributed by atoms with Crippen LogP contribution >= 0.6 is 11.8 Å². The Morgan fingerprint density at radius 2 is 2.25 bits per heavy atom. The van der Waals surface area contributed by atoms with Crippen molar-refractivity contribution >= 4 is 25.1 Å². The second kappa shape index (κ2) is 3.96. The molecule has 0 aliphatic carbocycles. The number of hydrogen-bond donors (Lipinski definition) is 1. The summed E-state index contributed by atoms with van der Waals surface area (Å²) in [6.07, 6.45) is 1.81. The molecule has 0 unspecified atom stereocenters. The van der Waals surface area contributed by atoms with E-state index in [1.54, 1.807) is 6.07 Å². The number of benzene rings is 1. The SMILES string of the molecule is [B]c1cc(F)c(CO)c(SC)c1. The van der Waals surface area contributed by atoms with Gasteiger partial charge in [0, 0.05) is 10.5 Å². The molecule has 0 fully saturated rings. The van der Waals surface area contributed by atoms with Gasteiger partial charge in [-0.05, 0) is 12.3 Å². The van der Waals surface area contributed by atoms with E-state index in [-0.39, 0.29) is 6.61 Å². The average molecular weight is 182 g/mol. The molecule has 1 aromatic rings. The lowest BCUT2D eigenvalue weighted by Crippen LogP contribution is -2.06. The highest BCUT2D eigenvalue weighted by Gasteiger charge is 2.06. The molecule has 1 aromatic carbocycles. The van der Waals surface area contributed by atoms with Gasteiger partial charge in [0.25, 0.3) is 0 Å². The minimum Gasteiger partial charge on any atom is -0.392 e. The predicted octanol–water partition coefficient (Wildman–Crippen LogP) is 0.834. The second-order valence-corrected chi connectivity index (χ2v) is 3.19. The summed E-state index contributed by atoms with van der Waals surface area (Å²) >= 11 is 1.37. The van der Waals surface area contributed by atoms with Crippen LogP contribution in [0.3, 0.4) is 0 Å². The first kappa shape index (κ1) is 9.61. The van der Waals surface area contributed by atoms with Gasteiger partial charge in [0.1, 0.15) is 13.7 Å². The van der Waals surface area contributed by atoms with Crippen LogP contribution in [0.25, 0.3) is 0 Å². The number of rotatable bonds is 2. The number of thioether (sulfide) groups is 1. The Hall–Kier alpha value is -0.475. The smallest absolute Gasteiger partial charge is 0.129 e. The first-order chi connectivity index (χ1) is 5.69. The molecule has 0 saturated heterocycles. The van der Waals surface area contributed by atoms with E-state index in [2.05, 4.69) is 0 Å². The van der Waals surface area contributed by atoms with Gasteiger partial charge in [0.2, 0.25) is 0 Å². The summed E-state index contributed by atoms with van der Waals surface area (Å²) in [7, 11) is 5.42. The summed E-state index contributed by atoms with van der Waals surface area (Å²) in [6.45, 7) is -0.289. The van der Waals surface area contributed by atoms with Gasteiger partial charge in [-0.3, -0.25) is 0 Å². The minimum absolute atomic E-state index is 0.289. The van der Waals surface area contributed by atoms with Crippen molar-refractivity contribution in [1.82, 2.24) is 0 Å². The molecule has 0 bridgehead atoms. The van der Waals surface area contributed by atoms with E-state index in [1.807, 2.05) is 6.26 Å². The number of halogens is 1. The van der Waals surface area contributed by atoms with Crippen molar-refractivity contribution in [3.05, 3.63) is 23.5 Å². The largest absolute Gasteiger partial charge is 0.392 e. The van der Waals surface area contributed by atoms with Gasteiger partial charge in [0.15, 0.2) is 0 Å². The summed E-state index contributed by atoms with van der Waals surface area (Å²) in [4.78, 5) is 0.690. The second-order valence-electron chi connectivity index (χ2n) is 2.34. The molecule has 0 atom stereocenters. The van der Waals surface area contributed by atoms with Crippen LogP contribution in [0.15, 0.2) is 17.0 Å². The maximum absolute atomic E-state index is 13.0. The maximum atomic E-state index is 13.0. The van der Waals surface area contributed by atoms with Crippen molar-refractivity contribution in [3.8, 4) is 0 Å². The van der Waals surface area contributed by atoms with Crippen molar-refractivity contribution < 1.29 is 9.50 Å². The fourth-order valence-corrected chi connectivity index (χ4v) is 1.63. The summed E-state index contributed by atoms with van der Waals surface area (Å²) in [5.74, 6) is -0.443. The lowest BCUT2D eigenvalue weighted by molar-refractivity contribution is 0.272. The van der Waals surface area contributed by atoms with Crippen molar-refractivity contribution in [2.75, 3.05) is 6.26 Å². The topological polar surface area (TPSA) is 20.2 Å². The first-order valence-corrected chi connectivity index (χ1v) is 4.64. The molecule has 1 nitrogen and oxygen atoms in total. The lowest BCUT2D eigenvalue weighted by Gasteiger charge is -2.06. The normalized spacial score (nSPS) is 10.2. The summed E-state index contributed by atoms with van der Waals surface area (Å²) in [5.41, 5.74) is 0.700. The van der Waals surface area contributed by atoms with Crippen LogP contribution in [-0.2, 0) is 6.61 Å². The molecular formula is C8H8BFOS. The Balaban J connectivity index is 3.24. The van der Waals surface area contributed by atoms with E-state index in [0.29, 0.717) is 15.9 Å². The number of aliphatic hydroxyl groups is 1. The van der Waals surface area contributed by atoms with Crippen molar-refractivity contribution in [2.24, 2.45) is 0 Å². The number of aliphatic hydroxyl groups excluding tert-OH is 1. The molecule has 12 heavy (non-hydrogen) atoms. The monoisotopic (exact) mass is 182 g/mol. The van der Waals surface area contributed by atoms with E-state index >= 15 is 0 Å². The zero-order valence-corrected chi connectivity index (χ0v) is 7.49. The molecule has 4 heteroatoms. The van der Waals surface area contributed by atoms with Crippen LogP contribution in [0.1, 0.15) is 5.56 Å². The van der Waals surface area contributed by atoms with Gasteiger partial charge in [-0.2, -0.15) is 0 Å². The van der Waals surface area contributed by atoms with Crippen LogP contribution < -0.4 is 5.46 Å². The molecule has 0 aliphatic rings. The van der Waals surface area contributed by atoms with Crippen LogP contribution in [0, 0.1) is 5.82 Å². The summed E-state index contributed by atoms with van der Waals surface area (Å²) in [5, 5.41) is 8.83. The van der Waals surface area contributed by atoms with E-state index in [4.69, 9.17) is 13.0 Å². The first-order valence-electron chi connectivity index (χ1n) is 3.41. The number of hydrogen-bond acceptors (Lipinski definition) is 2. The molecule has 62 valence electrons. The minimum atomic E-state index is -0.443. The van der Waals surface area contributed by atoms with Gasteiger partial charge in [0.05, 0.1) is 6.61 Å². The van der Waals surface area contributed by atoms with E-state index in [1.165, 1.54) is 17.8 Å². The Morgan fingerprint density at radius 1 is 1.58 bits per heavy atom. The average Bonchev–Trinajstić information content (AvgIpc) is 2.03. The third-order valence-corrected chi connectivity index (χ3v) is 2.36. The van der Waals surface area contributed by atoms with Gasteiger partial charge in [-0.15, -0.1) is 11.8 Å². The highest BCUT2D eigenvalue weighted by atomic mass is 32.2. The highest BCUT2D eigenvalue weighted by molar-refractivity contribution is 7.98. The fraction of sp³-hybridized carbons (Fsp3) is 0.250. The Bertz CT molecular complexity index is 291. The van der Waals surface area contributed by atoms with E-state index in [0.717, 1.165) is 0 Å². The molecule has 0 heterocycles.